The predicted octanol–water partition coefficient (Wildman–Crippen LogP) is 0.683. The maximum atomic E-state index is 11.3. The van der Waals surface area contributed by atoms with Gasteiger partial charge in [0.05, 0.1) is 19.2 Å². The number of carbonyl (C=O) groups excluding carboxylic acids is 2. The van der Waals surface area contributed by atoms with Crippen LogP contribution in [0.15, 0.2) is 30.3 Å². The van der Waals surface area contributed by atoms with Crippen molar-refractivity contribution in [1.82, 2.24) is 10.2 Å². The predicted molar refractivity (Wildman–Crippen MR) is 68.7 cm³/mol. The maximum absolute atomic E-state index is 11.3. The number of hydrogen-bond acceptors (Lipinski definition) is 5. The molecule has 1 heterocycles. The summed E-state index contributed by atoms with van der Waals surface area (Å²) in [6.07, 6.45) is -1.71. The first kappa shape index (κ1) is 14.1. The van der Waals surface area contributed by atoms with Crippen molar-refractivity contribution in [3.05, 3.63) is 35.9 Å². The number of likely N-dealkylation sites (tertiary alicyclic amines) is 1. The van der Waals surface area contributed by atoms with Crippen LogP contribution in [-0.2, 0) is 16.1 Å². The molecule has 7 nitrogen and oxygen atoms in total. The molecule has 0 spiro atoms. The number of ether oxygens (including phenoxy) is 2. The second-order valence-electron chi connectivity index (χ2n) is 4.35. The highest BCUT2D eigenvalue weighted by atomic mass is 16.6. The summed E-state index contributed by atoms with van der Waals surface area (Å²) in [5.74, 6) is 0. The minimum atomic E-state index is -0.662. The molecule has 0 saturated carbocycles. The van der Waals surface area contributed by atoms with E-state index in [-0.39, 0.29) is 26.4 Å². The number of hydrogen-bond donors (Lipinski definition) is 2. The molecular weight excluding hydrogens is 264 g/mol. The molecule has 1 aliphatic heterocycles. The van der Waals surface area contributed by atoms with Crippen LogP contribution in [0.5, 0.6) is 0 Å². The Balaban J connectivity index is 1.57. The molecule has 2 amide bonds. The smallest absolute Gasteiger partial charge is 0.411 e. The third-order valence-electron chi connectivity index (χ3n) is 2.75. The lowest BCUT2D eigenvalue weighted by Gasteiger charge is -2.34. The molecule has 0 radical (unpaired) electrons. The zero-order valence-electron chi connectivity index (χ0n) is 10.8. The van der Waals surface area contributed by atoms with Crippen LogP contribution in [-0.4, -0.2) is 48.1 Å². The monoisotopic (exact) mass is 280 g/mol. The van der Waals surface area contributed by atoms with Crippen molar-refractivity contribution in [2.24, 2.45) is 0 Å². The molecule has 1 aliphatic rings. The molecule has 108 valence electrons. The van der Waals surface area contributed by atoms with Gasteiger partial charge in [0.2, 0.25) is 0 Å². The third-order valence-corrected chi connectivity index (χ3v) is 2.75. The van der Waals surface area contributed by atoms with E-state index in [9.17, 15) is 9.59 Å². The van der Waals surface area contributed by atoms with Crippen LogP contribution >= 0.6 is 0 Å². The summed E-state index contributed by atoms with van der Waals surface area (Å²) in [6.45, 7) is 0.409. The summed E-state index contributed by atoms with van der Waals surface area (Å²) in [4.78, 5) is 24.0. The van der Waals surface area contributed by atoms with E-state index in [1.54, 1.807) is 0 Å². The average molecular weight is 280 g/mol. The van der Waals surface area contributed by atoms with Gasteiger partial charge in [-0.3, -0.25) is 5.32 Å². The van der Waals surface area contributed by atoms with Gasteiger partial charge in [-0.05, 0) is 5.56 Å². The summed E-state index contributed by atoms with van der Waals surface area (Å²) in [7, 11) is 0. The molecular formula is C13H16N2O5. The Labute approximate surface area is 116 Å². The molecule has 0 bridgehead atoms. The van der Waals surface area contributed by atoms with Gasteiger partial charge in [-0.1, -0.05) is 30.3 Å². The van der Waals surface area contributed by atoms with Crippen molar-refractivity contribution >= 4 is 12.2 Å². The van der Waals surface area contributed by atoms with Crippen molar-refractivity contribution < 1.29 is 24.2 Å². The van der Waals surface area contributed by atoms with E-state index >= 15 is 0 Å². The number of nitrogens with one attached hydrogen (secondary N) is 1. The average Bonchev–Trinajstić information content (AvgIpc) is 2.42. The number of amides is 2. The van der Waals surface area contributed by atoms with E-state index in [2.05, 4.69) is 5.32 Å². The fourth-order valence-corrected chi connectivity index (χ4v) is 1.63. The van der Waals surface area contributed by atoms with E-state index in [0.717, 1.165) is 5.56 Å². The number of benzene rings is 1. The van der Waals surface area contributed by atoms with E-state index in [4.69, 9.17) is 14.6 Å². The number of aliphatic hydroxyl groups is 1. The number of carbonyl (C=O) groups is 2. The number of β-amino-alcohol motifs (C(OH)–C–C–N with tert-alkyl or cyclic N) is 1. The topological polar surface area (TPSA) is 88.1 Å². The van der Waals surface area contributed by atoms with Gasteiger partial charge in [-0.15, -0.1) is 0 Å². The molecule has 2 rings (SSSR count). The highest BCUT2D eigenvalue weighted by molar-refractivity contribution is 5.70. The van der Waals surface area contributed by atoms with Gasteiger partial charge in [0.1, 0.15) is 6.61 Å². The molecule has 1 saturated heterocycles. The zero-order chi connectivity index (χ0) is 14.4. The van der Waals surface area contributed by atoms with Crippen LogP contribution < -0.4 is 5.32 Å². The Morgan fingerprint density at radius 2 is 1.95 bits per heavy atom. The highest BCUT2D eigenvalue weighted by Gasteiger charge is 2.29. The molecule has 0 atom stereocenters. The fourth-order valence-electron chi connectivity index (χ4n) is 1.63. The summed E-state index contributed by atoms with van der Waals surface area (Å²) < 4.78 is 9.71. The largest absolute Gasteiger partial charge is 0.445 e. The lowest BCUT2D eigenvalue weighted by molar-refractivity contribution is -0.00390. The Morgan fingerprint density at radius 3 is 2.60 bits per heavy atom. The van der Waals surface area contributed by atoms with Gasteiger partial charge < -0.3 is 19.5 Å². The first-order valence-corrected chi connectivity index (χ1v) is 6.19. The Bertz CT molecular complexity index is 459. The molecule has 0 aromatic heterocycles. The second kappa shape index (κ2) is 6.76. The molecule has 1 aromatic rings. The Kier molecular flexibility index (Phi) is 4.78. The lowest BCUT2D eigenvalue weighted by atomic mass is 10.2. The summed E-state index contributed by atoms with van der Waals surface area (Å²) in [6, 6.07) is 9.24. The Hall–Kier alpha value is -2.28. The maximum Gasteiger partial charge on any atom is 0.411 e. The minimum absolute atomic E-state index is 0.152. The van der Waals surface area contributed by atoms with Crippen molar-refractivity contribution in [2.75, 3.05) is 19.8 Å². The molecule has 1 fully saturated rings. The van der Waals surface area contributed by atoms with E-state index in [0.29, 0.717) is 0 Å². The Morgan fingerprint density at radius 1 is 1.25 bits per heavy atom. The van der Waals surface area contributed by atoms with E-state index < -0.39 is 18.3 Å². The van der Waals surface area contributed by atoms with Crippen molar-refractivity contribution in [3.63, 3.8) is 0 Å². The van der Waals surface area contributed by atoms with Crippen molar-refractivity contribution in [3.8, 4) is 0 Å². The quantitative estimate of drug-likeness (QED) is 0.792. The lowest BCUT2D eigenvalue weighted by Crippen LogP contribution is -2.54. The van der Waals surface area contributed by atoms with Crippen LogP contribution in [0.4, 0.5) is 9.59 Å². The number of aliphatic hydroxyl groups excluding tert-OH is 1. The van der Waals surface area contributed by atoms with E-state index in [1.807, 2.05) is 30.3 Å². The summed E-state index contributed by atoms with van der Waals surface area (Å²) in [5.41, 5.74) is 0.870. The summed E-state index contributed by atoms with van der Waals surface area (Å²) in [5, 5.41) is 11.3. The van der Waals surface area contributed by atoms with Crippen LogP contribution in [0.2, 0.25) is 0 Å². The zero-order valence-corrected chi connectivity index (χ0v) is 10.8. The van der Waals surface area contributed by atoms with Crippen LogP contribution in [0.25, 0.3) is 0 Å². The highest BCUT2D eigenvalue weighted by Crippen LogP contribution is 2.08. The van der Waals surface area contributed by atoms with Crippen LogP contribution in [0, 0.1) is 0 Å². The number of rotatable bonds is 4. The van der Waals surface area contributed by atoms with Crippen LogP contribution in [0.1, 0.15) is 5.56 Å². The van der Waals surface area contributed by atoms with Gasteiger partial charge in [-0.2, -0.15) is 0 Å². The third kappa shape index (κ3) is 4.13. The van der Waals surface area contributed by atoms with Crippen LogP contribution in [0.3, 0.4) is 0 Å². The molecule has 7 heteroatoms. The molecule has 0 aliphatic carbocycles. The molecule has 2 N–H and O–H groups in total. The number of alkyl carbamates (subject to hydrolysis) is 1. The molecule has 0 unspecified atom stereocenters. The van der Waals surface area contributed by atoms with Crippen molar-refractivity contribution in [2.45, 2.75) is 12.7 Å². The van der Waals surface area contributed by atoms with Gasteiger partial charge in [0, 0.05) is 0 Å². The normalized spacial score (nSPS) is 14.3. The van der Waals surface area contributed by atoms with Gasteiger partial charge in [-0.25, -0.2) is 9.59 Å². The van der Waals surface area contributed by atoms with Gasteiger partial charge >= 0.3 is 12.2 Å². The standard InChI is InChI=1S/C13H16N2O5/c16-11-6-15(7-11)13(18)20-9-14-12(17)19-8-10-4-2-1-3-5-10/h1-5,11,16H,6-9H2,(H,14,17). The van der Waals surface area contributed by atoms with Gasteiger partial charge in [0.25, 0.3) is 0 Å². The minimum Gasteiger partial charge on any atom is -0.445 e. The molecule has 1 aromatic carbocycles. The summed E-state index contributed by atoms with van der Waals surface area (Å²) >= 11 is 0. The first-order chi connectivity index (χ1) is 9.65. The van der Waals surface area contributed by atoms with Crippen molar-refractivity contribution in [1.29, 1.82) is 0 Å². The van der Waals surface area contributed by atoms with Gasteiger partial charge in [0.15, 0.2) is 6.73 Å². The first-order valence-electron chi connectivity index (χ1n) is 6.19. The molecule has 20 heavy (non-hydrogen) atoms. The number of nitrogens with zero attached hydrogens (tertiary/aromatic N) is 1. The second-order valence-corrected chi connectivity index (χ2v) is 4.35. The fraction of sp³-hybridized carbons (Fsp3) is 0.385. The van der Waals surface area contributed by atoms with E-state index in [1.165, 1.54) is 4.90 Å². The SMILES string of the molecule is O=C(NCOC(=O)N1CC(O)C1)OCc1ccccc1.